The molecule has 0 spiro atoms. The number of hydrogen-bond donors (Lipinski definition) is 2. The minimum Gasteiger partial charge on any atom is -0.506 e. The van der Waals surface area contributed by atoms with Crippen molar-refractivity contribution < 1.29 is 9.90 Å². The van der Waals surface area contributed by atoms with E-state index in [-0.39, 0.29) is 22.6 Å². The van der Waals surface area contributed by atoms with Crippen molar-refractivity contribution in [2.75, 3.05) is 5.32 Å². The SMILES string of the molecule is CC(C)C(=O)Nc1cccc(N=Cc2cc(Br)cc(Cl)c2O)c1. The normalized spacial score (nSPS) is 11.2. The predicted octanol–water partition coefficient (Wildman–Crippen LogP) is 5.15. The lowest BCUT2D eigenvalue weighted by atomic mass is 10.2. The van der Waals surface area contributed by atoms with Crippen LogP contribution in [0.25, 0.3) is 0 Å². The number of nitrogens with zero attached hydrogens (tertiary/aromatic N) is 1. The molecule has 0 heterocycles. The van der Waals surface area contributed by atoms with E-state index in [1.807, 2.05) is 13.8 Å². The number of aromatic hydroxyl groups is 1. The molecule has 0 atom stereocenters. The Morgan fingerprint density at radius 3 is 2.78 bits per heavy atom. The van der Waals surface area contributed by atoms with Gasteiger partial charge in [-0.1, -0.05) is 47.4 Å². The molecule has 2 rings (SSSR count). The minimum absolute atomic E-state index is 0.0251. The molecule has 0 aromatic heterocycles. The molecule has 23 heavy (non-hydrogen) atoms. The van der Waals surface area contributed by atoms with Gasteiger partial charge in [-0.05, 0) is 30.3 Å². The first-order valence-electron chi connectivity index (χ1n) is 7.00. The molecule has 0 bridgehead atoms. The summed E-state index contributed by atoms with van der Waals surface area (Å²) >= 11 is 9.24. The molecule has 2 N–H and O–H groups in total. The molecule has 2 aromatic carbocycles. The molecular weight excluding hydrogens is 380 g/mol. The number of rotatable bonds is 4. The van der Waals surface area contributed by atoms with E-state index in [1.165, 1.54) is 6.21 Å². The highest BCUT2D eigenvalue weighted by atomic mass is 79.9. The number of hydrogen-bond acceptors (Lipinski definition) is 3. The summed E-state index contributed by atoms with van der Waals surface area (Å²) in [7, 11) is 0. The molecule has 0 saturated heterocycles. The van der Waals surface area contributed by atoms with Gasteiger partial charge in [-0.3, -0.25) is 9.79 Å². The molecule has 0 radical (unpaired) electrons. The van der Waals surface area contributed by atoms with Gasteiger partial charge in [0.05, 0.1) is 10.7 Å². The molecule has 0 aliphatic carbocycles. The fourth-order valence-electron chi connectivity index (χ4n) is 1.78. The third kappa shape index (κ3) is 4.81. The highest BCUT2D eigenvalue weighted by molar-refractivity contribution is 9.10. The van der Waals surface area contributed by atoms with Gasteiger partial charge in [0.2, 0.25) is 5.91 Å². The smallest absolute Gasteiger partial charge is 0.226 e. The van der Waals surface area contributed by atoms with Crippen molar-refractivity contribution in [1.82, 2.24) is 0 Å². The van der Waals surface area contributed by atoms with Crippen molar-refractivity contribution >= 4 is 51.0 Å². The molecule has 120 valence electrons. The Bertz CT molecular complexity index is 760. The van der Waals surface area contributed by atoms with Crippen LogP contribution in [0.5, 0.6) is 5.75 Å². The van der Waals surface area contributed by atoms with Crippen molar-refractivity contribution in [3.05, 3.63) is 51.5 Å². The van der Waals surface area contributed by atoms with Gasteiger partial charge in [-0.25, -0.2) is 0 Å². The summed E-state index contributed by atoms with van der Waals surface area (Å²) in [6, 6.07) is 10.5. The van der Waals surface area contributed by atoms with Gasteiger partial charge >= 0.3 is 0 Å². The van der Waals surface area contributed by atoms with Crippen LogP contribution in [0.4, 0.5) is 11.4 Å². The fraction of sp³-hybridized carbons (Fsp3) is 0.176. The van der Waals surface area contributed by atoms with Crippen molar-refractivity contribution in [2.24, 2.45) is 10.9 Å². The van der Waals surface area contributed by atoms with Crippen molar-refractivity contribution in [3.63, 3.8) is 0 Å². The summed E-state index contributed by atoms with van der Waals surface area (Å²) < 4.78 is 0.750. The maximum atomic E-state index is 11.7. The quantitative estimate of drug-likeness (QED) is 0.703. The Hall–Kier alpha value is -1.85. The largest absolute Gasteiger partial charge is 0.506 e. The molecule has 6 heteroatoms. The number of carbonyl (C=O) groups excluding carboxylic acids is 1. The molecule has 0 aliphatic heterocycles. The van der Waals surface area contributed by atoms with Crippen LogP contribution >= 0.6 is 27.5 Å². The van der Waals surface area contributed by atoms with Crippen LogP contribution in [0.2, 0.25) is 5.02 Å². The number of halogens is 2. The second-order valence-corrected chi connectivity index (χ2v) is 6.60. The van der Waals surface area contributed by atoms with Crippen molar-refractivity contribution in [1.29, 1.82) is 0 Å². The van der Waals surface area contributed by atoms with Crippen LogP contribution in [0, 0.1) is 5.92 Å². The molecule has 4 nitrogen and oxygen atoms in total. The summed E-state index contributed by atoms with van der Waals surface area (Å²) in [6.07, 6.45) is 1.52. The van der Waals surface area contributed by atoms with E-state index in [0.29, 0.717) is 16.9 Å². The summed E-state index contributed by atoms with van der Waals surface area (Å²) in [5.41, 5.74) is 1.83. The average molecular weight is 396 g/mol. The van der Waals surface area contributed by atoms with E-state index in [1.54, 1.807) is 36.4 Å². The van der Waals surface area contributed by atoms with Crippen LogP contribution in [0.1, 0.15) is 19.4 Å². The summed E-state index contributed by atoms with van der Waals surface area (Å²) in [5, 5.41) is 13.0. The number of amides is 1. The highest BCUT2D eigenvalue weighted by Crippen LogP contribution is 2.30. The monoisotopic (exact) mass is 394 g/mol. The Balaban J connectivity index is 2.22. The van der Waals surface area contributed by atoms with Gasteiger partial charge in [-0.2, -0.15) is 0 Å². The molecule has 0 saturated carbocycles. The first-order valence-corrected chi connectivity index (χ1v) is 8.17. The summed E-state index contributed by atoms with van der Waals surface area (Å²) in [5.74, 6) is -0.173. The second kappa shape index (κ2) is 7.62. The van der Waals surface area contributed by atoms with E-state index < -0.39 is 0 Å². The number of nitrogens with one attached hydrogen (secondary N) is 1. The standard InChI is InChI=1S/C17H16BrClN2O2/c1-10(2)17(23)21-14-5-3-4-13(8-14)20-9-11-6-12(18)7-15(19)16(11)22/h3-10,22H,1-2H3,(H,21,23). The van der Waals surface area contributed by atoms with E-state index in [2.05, 4.69) is 26.2 Å². The molecule has 0 unspecified atom stereocenters. The Morgan fingerprint density at radius 1 is 1.35 bits per heavy atom. The first kappa shape index (κ1) is 17.5. The maximum Gasteiger partial charge on any atom is 0.226 e. The highest BCUT2D eigenvalue weighted by Gasteiger charge is 2.08. The Morgan fingerprint density at radius 2 is 2.09 bits per heavy atom. The molecular formula is C17H16BrClN2O2. The van der Waals surface area contributed by atoms with E-state index in [0.717, 1.165) is 4.47 Å². The number of phenols is 1. The van der Waals surface area contributed by atoms with Gasteiger partial charge < -0.3 is 10.4 Å². The Kier molecular flexibility index (Phi) is 5.80. The number of benzene rings is 2. The summed E-state index contributed by atoms with van der Waals surface area (Å²) in [6.45, 7) is 3.66. The average Bonchev–Trinajstić information content (AvgIpc) is 2.49. The Labute approximate surface area is 148 Å². The lowest BCUT2D eigenvalue weighted by Gasteiger charge is -2.08. The minimum atomic E-state index is -0.0945. The lowest BCUT2D eigenvalue weighted by molar-refractivity contribution is -0.118. The maximum absolute atomic E-state index is 11.7. The molecule has 2 aromatic rings. The van der Waals surface area contributed by atoms with Gasteiger partial charge in [0.1, 0.15) is 5.75 Å². The molecule has 0 fully saturated rings. The molecule has 0 aliphatic rings. The zero-order chi connectivity index (χ0) is 17.0. The number of phenolic OH excluding ortho intramolecular Hbond substituents is 1. The third-order valence-electron chi connectivity index (χ3n) is 3.05. The fourth-order valence-corrected chi connectivity index (χ4v) is 2.61. The topological polar surface area (TPSA) is 61.7 Å². The number of aliphatic imine (C=N–C) groups is 1. The van der Waals surface area contributed by atoms with Crippen molar-refractivity contribution in [3.8, 4) is 5.75 Å². The second-order valence-electron chi connectivity index (χ2n) is 5.28. The van der Waals surface area contributed by atoms with E-state index in [9.17, 15) is 9.90 Å². The van der Waals surface area contributed by atoms with Gasteiger partial charge in [0, 0.05) is 27.9 Å². The van der Waals surface area contributed by atoms with Crippen LogP contribution in [-0.4, -0.2) is 17.2 Å². The van der Waals surface area contributed by atoms with E-state index >= 15 is 0 Å². The lowest BCUT2D eigenvalue weighted by Crippen LogP contribution is -2.17. The first-order chi connectivity index (χ1) is 10.9. The number of carbonyl (C=O) groups is 1. The van der Waals surface area contributed by atoms with Crippen LogP contribution in [0.15, 0.2) is 45.9 Å². The van der Waals surface area contributed by atoms with Gasteiger partial charge in [-0.15, -0.1) is 0 Å². The van der Waals surface area contributed by atoms with Crippen molar-refractivity contribution in [2.45, 2.75) is 13.8 Å². The zero-order valence-corrected chi connectivity index (χ0v) is 15.0. The summed E-state index contributed by atoms with van der Waals surface area (Å²) in [4.78, 5) is 16.0. The number of anilines is 1. The predicted molar refractivity (Wildman–Crippen MR) is 98.0 cm³/mol. The van der Waals surface area contributed by atoms with Crippen LogP contribution in [0.3, 0.4) is 0 Å². The van der Waals surface area contributed by atoms with Gasteiger partial charge in [0.15, 0.2) is 0 Å². The van der Waals surface area contributed by atoms with Crippen LogP contribution in [-0.2, 0) is 4.79 Å². The third-order valence-corrected chi connectivity index (χ3v) is 3.79. The van der Waals surface area contributed by atoms with E-state index in [4.69, 9.17) is 11.6 Å². The molecule has 1 amide bonds. The van der Waals surface area contributed by atoms with Crippen LogP contribution < -0.4 is 5.32 Å². The van der Waals surface area contributed by atoms with Gasteiger partial charge in [0.25, 0.3) is 0 Å². The zero-order valence-electron chi connectivity index (χ0n) is 12.7.